The molecule has 0 radical (unpaired) electrons. The van der Waals surface area contributed by atoms with Crippen molar-refractivity contribution in [3.63, 3.8) is 0 Å². The fourth-order valence-corrected chi connectivity index (χ4v) is 6.69. The van der Waals surface area contributed by atoms with Crippen LogP contribution in [0.15, 0.2) is 59.6 Å². The van der Waals surface area contributed by atoms with Crippen molar-refractivity contribution in [2.45, 2.75) is 37.6 Å². The van der Waals surface area contributed by atoms with E-state index >= 15 is 0 Å². The summed E-state index contributed by atoms with van der Waals surface area (Å²) in [5.74, 6) is -0.580. The number of para-hydroxylation sites is 1. The second-order valence-electron chi connectivity index (χ2n) is 8.39. The van der Waals surface area contributed by atoms with Crippen LogP contribution in [0.25, 0.3) is 10.9 Å². The van der Waals surface area contributed by atoms with Gasteiger partial charge >= 0.3 is 5.97 Å². The molecule has 5 nitrogen and oxygen atoms in total. The number of esters is 1. The fraction of sp³-hybridized carbons (Fsp3) is 0.259. The first-order valence-electron chi connectivity index (χ1n) is 11.6. The molecule has 4 aromatic rings. The SMILES string of the molecule is CCOC(=O)c1c(NC(=O)CSc2cn(Cc3cccc(F)c3)c3ccccc23)sc2c1CCC2. The van der Waals surface area contributed by atoms with Crippen molar-refractivity contribution < 1.29 is 18.7 Å². The zero-order chi connectivity index (χ0) is 24.4. The van der Waals surface area contributed by atoms with E-state index in [-0.39, 0.29) is 23.4 Å². The smallest absolute Gasteiger partial charge is 0.341 e. The number of carbonyl (C=O) groups is 2. The van der Waals surface area contributed by atoms with Gasteiger partial charge < -0.3 is 14.6 Å². The Morgan fingerprint density at radius 2 is 2.03 bits per heavy atom. The van der Waals surface area contributed by atoms with E-state index in [0.29, 0.717) is 23.7 Å². The molecular weight excluding hydrogens is 483 g/mol. The monoisotopic (exact) mass is 508 g/mol. The number of nitrogens with one attached hydrogen (secondary N) is 1. The number of ether oxygens (including phenoxy) is 1. The number of aryl methyl sites for hydroxylation is 1. The summed E-state index contributed by atoms with van der Waals surface area (Å²) in [6.45, 7) is 2.62. The number of amides is 1. The summed E-state index contributed by atoms with van der Waals surface area (Å²) in [5.41, 5.74) is 3.45. The molecule has 1 aliphatic carbocycles. The first-order valence-corrected chi connectivity index (χ1v) is 13.4. The summed E-state index contributed by atoms with van der Waals surface area (Å²) >= 11 is 2.93. The molecule has 180 valence electrons. The number of hydrogen-bond acceptors (Lipinski definition) is 5. The molecule has 2 aromatic heterocycles. The lowest BCUT2D eigenvalue weighted by Crippen LogP contribution is -2.16. The van der Waals surface area contributed by atoms with Crippen LogP contribution in [-0.2, 0) is 28.9 Å². The number of halogens is 1. The third kappa shape index (κ3) is 4.99. The normalized spacial score (nSPS) is 12.6. The largest absolute Gasteiger partial charge is 0.462 e. The van der Waals surface area contributed by atoms with Gasteiger partial charge in [0.15, 0.2) is 0 Å². The van der Waals surface area contributed by atoms with Crippen LogP contribution in [0.4, 0.5) is 9.39 Å². The van der Waals surface area contributed by atoms with Crippen LogP contribution in [0.3, 0.4) is 0 Å². The van der Waals surface area contributed by atoms with E-state index in [4.69, 9.17) is 4.74 Å². The number of rotatable bonds is 8. The zero-order valence-electron chi connectivity index (χ0n) is 19.3. The van der Waals surface area contributed by atoms with Gasteiger partial charge in [-0.25, -0.2) is 9.18 Å². The minimum atomic E-state index is -0.365. The van der Waals surface area contributed by atoms with Gasteiger partial charge in [0.2, 0.25) is 5.91 Å². The molecule has 0 saturated heterocycles. The van der Waals surface area contributed by atoms with Gasteiger partial charge in [-0.15, -0.1) is 23.1 Å². The van der Waals surface area contributed by atoms with Gasteiger partial charge in [-0.05, 0) is 55.5 Å². The Balaban J connectivity index is 1.32. The minimum Gasteiger partial charge on any atom is -0.462 e. The molecule has 2 aromatic carbocycles. The van der Waals surface area contributed by atoms with Gasteiger partial charge in [-0.2, -0.15) is 0 Å². The molecule has 0 aliphatic heterocycles. The highest BCUT2D eigenvalue weighted by Crippen LogP contribution is 2.40. The summed E-state index contributed by atoms with van der Waals surface area (Å²) in [5, 5.41) is 4.60. The first kappa shape index (κ1) is 23.6. The second kappa shape index (κ2) is 10.3. The third-order valence-corrected chi connectivity index (χ3v) is 8.26. The molecule has 8 heteroatoms. The molecule has 0 saturated carbocycles. The van der Waals surface area contributed by atoms with Crippen molar-refractivity contribution in [3.8, 4) is 0 Å². The molecule has 0 bridgehead atoms. The summed E-state index contributed by atoms with van der Waals surface area (Å²) in [7, 11) is 0. The van der Waals surface area contributed by atoms with E-state index in [9.17, 15) is 14.0 Å². The average molecular weight is 509 g/mol. The van der Waals surface area contributed by atoms with Crippen LogP contribution >= 0.6 is 23.1 Å². The Labute approximate surface area is 211 Å². The highest BCUT2D eigenvalue weighted by Gasteiger charge is 2.28. The summed E-state index contributed by atoms with van der Waals surface area (Å²) in [4.78, 5) is 27.6. The summed E-state index contributed by atoms with van der Waals surface area (Å²) < 4.78 is 21.0. The van der Waals surface area contributed by atoms with Crippen LogP contribution in [0.1, 0.15) is 39.7 Å². The molecular formula is C27H25FN2O3S2. The van der Waals surface area contributed by atoms with Gasteiger partial charge in [0.1, 0.15) is 10.8 Å². The number of aromatic nitrogens is 1. The van der Waals surface area contributed by atoms with Gasteiger partial charge in [0, 0.05) is 33.4 Å². The number of thiophene rings is 1. The Morgan fingerprint density at radius 1 is 1.17 bits per heavy atom. The Morgan fingerprint density at radius 3 is 2.86 bits per heavy atom. The number of benzene rings is 2. The maximum absolute atomic E-state index is 13.7. The predicted molar refractivity (Wildman–Crippen MR) is 139 cm³/mol. The Hall–Kier alpha value is -3.10. The molecule has 0 unspecified atom stereocenters. The molecule has 0 fully saturated rings. The van der Waals surface area contributed by atoms with Gasteiger partial charge in [-0.1, -0.05) is 30.3 Å². The molecule has 0 atom stereocenters. The standard InChI is InChI=1S/C27H25FN2O3S2/c1-2-33-27(32)25-20-10-6-12-22(20)35-26(25)29-24(31)16-34-23-15-30(21-11-4-3-9-19(21)23)14-17-7-5-8-18(28)13-17/h3-5,7-9,11,13,15H,2,6,10,12,14,16H2,1H3,(H,29,31). The lowest BCUT2D eigenvalue weighted by atomic mass is 10.1. The van der Waals surface area contributed by atoms with E-state index in [2.05, 4.69) is 9.88 Å². The van der Waals surface area contributed by atoms with E-state index < -0.39 is 0 Å². The van der Waals surface area contributed by atoms with Crippen LogP contribution < -0.4 is 5.32 Å². The van der Waals surface area contributed by atoms with E-state index in [0.717, 1.165) is 51.1 Å². The van der Waals surface area contributed by atoms with Crippen molar-refractivity contribution in [1.29, 1.82) is 0 Å². The minimum absolute atomic E-state index is 0.164. The van der Waals surface area contributed by atoms with E-state index in [1.165, 1.54) is 35.2 Å². The maximum atomic E-state index is 13.7. The molecule has 5 rings (SSSR count). The molecule has 1 amide bonds. The fourth-order valence-electron chi connectivity index (χ4n) is 4.51. The van der Waals surface area contributed by atoms with Crippen LogP contribution in [0.2, 0.25) is 0 Å². The lowest BCUT2D eigenvalue weighted by molar-refractivity contribution is -0.113. The van der Waals surface area contributed by atoms with E-state index in [1.807, 2.05) is 36.5 Å². The van der Waals surface area contributed by atoms with Gasteiger partial charge in [0.25, 0.3) is 0 Å². The van der Waals surface area contributed by atoms with Crippen LogP contribution in [-0.4, -0.2) is 28.8 Å². The maximum Gasteiger partial charge on any atom is 0.341 e. The first-order chi connectivity index (χ1) is 17.0. The van der Waals surface area contributed by atoms with Gasteiger partial charge in [0.05, 0.1) is 17.9 Å². The van der Waals surface area contributed by atoms with Crippen molar-refractivity contribution in [1.82, 2.24) is 4.57 Å². The molecule has 1 aliphatic rings. The van der Waals surface area contributed by atoms with Crippen LogP contribution in [0, 0.1) is 5.82 Å². The Kier molecular flexibility index (Phi) is 6.92. The number of fused-ring (bicyclic) bond motifs is 2. The molecule has 1 N–H and O–H groups in total. The van der Waals surface area contributed by atoms with Crippen molar-refractivity contribution >= 4 is 50.9 Å². The topological polar surface area (TPSA) is 60.3 Å². The number of thioether (sulfide) groups is 1. The predicted octanol–water partition coefficient (Wildman–Crippen LogP) is 6.29. The Bertz CT molecular complexity index is 1410. The highest BCUT2D eigenvalue weighted by molar-refractivity contribution is 8.00. The highest BCUT2D eigenvalue weighted by atomic mass is 32.2. The second-order valence-corrected chi connectivity index (χ2v) is 10.5. The zero-order valence-corrected chi connectivity index (χ0v) is 20.9. The lowest BCUT2D eigenvalue weighted by Gasteiger charge is -2.08. The summed E-state index contributed by atoms with van der Waals surface area (Å²) in [6, 6.07) is 14.6. The molecule has 35 heavy (non-hydrogen) atoms. The molecule has 2 heterocycles. The van der Waals surface area contributed by atoms with Crippen molar-refractivity contribution in [2.75, 3.05) is 17.7 Å². The quantitative estimate of drug-likeness (QED) is 0.225. The van der Waals surface area contributed by atoms with E-state index in [1.54, 1.807) is 13.0 Å². The van der Waals surface area contributed by atoms with Crippen molar-refractivity contribution in [2.24, 2.45) is 0 Å². The van der Waals surface area contributed by atoms with Crippen LogP contribution in [0.5, 0.6) is 0 Å². The molecule has 0 spiro atoms. The number of nitrogens with zero attached hydrogens (tertiary/aromatic N) is 1. The third-order valence-electron chi connectivity index (χ3n) is 6.01. The van der Waals surface area contributed by atoms with Crippen molar-refractivity contribution in [3.05, 3.63) is 82.1 Å². The van der Waals surface area contributed by atoms with Gasteiger partial charge in [-0.3, -0.25) is 4.79 Å². The summed E-state index contributed by atoms with van der Waals surface area (Å²) in [6.07, 6.45) is 4.81. The number of carbonyl (C=O) groups excluding carboxylic acids is 2. The average Bonchev–Trinajstić information content (AvgIpc) is 3.51. The number of anilines is 1. The number of hydrogen-bond donors (Lipinski definition) is 1.